The van der Waals surface area contributed by atoms with E-state index >= 15 is 0 Å². The number of Topliss-reactive ketones (excluding diaryl/α,β-unsaturated/α-hetero) is 1. The Morgan fingerprint density at radius 1 is 0.688 bits per heavy atom. The fourth-order valence-corrected chi connectivity index (χ4v) is 10.4. The van der Waals surface area contributed by atoms with E-state index in [1.165, 1.54) is 89.9 Å². The molecule has 0 radical (unpaired) electrons. The summed E-state index contributed by atoms with van der Waals surface area (Å²) < 4.78 is 0. The monoisotopic (exact) mass is 440 g/mol. The van der Waals surface area contributed by atoms with Gasteiger partial charge in [-0.1, -0.05) is 39.5 Å². The third-order valence-electron chi connectivity index (χ3n) is 12.1. The van der Waals surface area contributed by atoms with Gasteiger partial charge >= 0.3 is 0 Å². The number of carbonyl (C=O) groups is 1. The number of fused-ring (bicyclic) bond motifs is 5. The minimum atomic E-state index is -0.264. The van der Waals surface area contributed by atoms with Crippen LogP contribution in [0.2, 0.25) is 0 Å². The first kappa shape index (κ1) is 22.1. The summed E-state index contributed by atoms with van der Waals surface area (Å²) in [6, 6.07) is 0. The van der Waals surface area contributed by atoms with Crippen molar-refractivity contribution < 1.29 is 4.79 Å². The van der Waals surface area contributed by atoms with Crippen LogP contribution in [0.4, 0.5) is 0 Å². The Hall–Kier alpha value is -0.410. The molecule has 0 aromatic heterocycles. The number of rotatable bonds is 2. The van der Waals surface area contributed by atoms with Crippen molar-refractivity contribution in [2.24, 2.45) is 34.5 Å². The normalized spacial score (nSPS) is 47.5. The molecule has 0 N–H and O–H groups in total. The summed E-state index contributed by atoms with van der Waals surface area (Å²) in [5.41, 5.74) is 0.223. The van der Waals surface area contributed by atoms with Crippen LogP contribution in [0.1, 0.15) is 110 Å². The third-order valence-corrected chi connectivity index (χ3v) is 12.1. The Morgan fingerprint density at radius 3 is 2.00 bits per heavy atom. The fraction of sp³-hybridized carbons (Fsp3) is 0.966. The zero-order chi connectivity index (χ0) is 22.0. The summed E-state index contributed by atoms with van der Waals surface area (Å²) in [6.45, 7) is 9.71. The first-order valence-corrected chi connectivity index (χ1v) is 14.6. The quantitative estimate of drug-likeness (QED) is 0.506. The highest BCUT2D eigenvalue weighted by Crippen LogP contribution is 2.67. The zero-order valence-corrected chi connectivity index (χ0v) is 21.0. The molecule has 6 atom stereocenters. The SMILES string of the molecule is C[C@]12CCCCC1CC[C@@H]1[C@H]2CC[C@]2(C)C(=O)C(N3CCCCC3)(N3CCCCC3)C[C@@H]12. The van der Waals surface area contributed by atoms with Crippen LogP contribution in [-0.2, 0) is 4.79 Å². The smallest absolute Gasteiger partial charge is 0.174 e. The van der Waals surface area contributed by atoms with Crippen LogP contribution >= 0.6 is 0 Å². The highest BCUT2D eigenvalue weighted by molar-refractivity contribution is 5.96. The van der Waals surface area contributed by atoms with Gasteiger partial charge in [-0.3, -0.25) is 14.6 Å². The topological polar surface area (TPSA) is 23.6 Å². The molecule has 0 spiro atoms. The Morgan fingerprint density at radius 2 is 1.34 bits per heavy atom. The third kappa shape index (κ3) is 3.01. The molecular formula is C29H48N2O. The minimum Gasteiger partial charge on any atom is -0.295 e. The number of carbonyl (C=O) groups excluding carboxylic acids is 1. The number of hydrogen-bond donors (Lipinski definition) is 0. The minimum absolute atomic E-state index is 0.0755. The highest BCUT2D eigenvalue weighted by atomic mass is 16.1. The predicted molar refractivity (Wildman–Crippen MR) is 130 cm³/mol. The maximum Gasteiger partial charge on any atom is 0.174 e. The molecule has 32 heavy (non-hydrogen) atoms. The van der Waals surface area contributed by atoms with Gasteiger partial charge in [0.05, 0.1) is 0 Å². The van der Waals surface area contributed by atoms with Gasteiger partial charge in [-0.2, -0.15) is 0 Å². The van der Waals surface area contributed by atoms with Gasteiger partial charge in [-0.25, -0.2) is 0 Å². The van der Waals surface area contributed by atoms with Gasteiger partial charge in [0.15, 0.2) is 5.78 Å². The number of hydrogen-bond acceptors (Lipinski definition) is 3. The van der Waals surface area contributed by atoms with E-state index in [9.17, 15) is 4.79 Å². The van der Waals surface area contributed by atoms with E-state index in [1.807, 2.05) is 0 Å². The lowest BCUT2D eigenvalue weighted by Crippen LogP contribution is -2.66. The molecule has 4 saturated carbocycles. The lowest BCUT2D eigenvalue weighted by Gasteiger charge is -2.59. The van der Waals surface area contributed by atoms with Gasteiger partial charge in [0.25, 0.3) is 0 Å². The molecule has 3 nitrogen and oxygen atoms in total. The maximum atomic E-state index is 14.7. The molecule has 0 bridgehead atoms. The van der Waals surface area contributed by atoms with E-state index in [1.54, 1.807) is 0 Å². The summed E-state index contributed by atoms with van der Waals surface area (Å²) in [6.07, 6.45) is 20.2. The first-order valence-electron chi connectivity index (χ1n) is 14.6. The van der Waals surface area contributed by atoms with Crippen molar-refractivity contribution in [3.63, 3.8) is 0 Å². The molecule has 6 fully saturated rings. The molecule has 1 unspecified atom stereocenters. The Balaban J connectivity index is 1.37. The van der Waals surface area contributed by atoms with Crippen LogP contribution in [0.3, 0.4) is 0 Å². The molecule has 6 aliphatic rings. The maximum absolute atomic E-state index is 14.7. The van der Waals surface area contributed by atoms with Crippen molar-refractivity contribution >= 4 is 5.78 Å². The van der Waals surface area contributed by atoms with E-state index in [-0.39, 0.29) is 11.1 Å². The summed E-state index contributed by atoms with van der Waals surface area (Å²) in [4.78, 5) is 20.2. The molecule has 6 rings (SSSR count). The van der Waals surface area contributed by atoms with Crippen molar-refractivity contribution in [3.8, 4) is 0 Å². The van der Waals surface area contributed by atoms with Crippen molar-refractivity contribution in [1.29, 1.82) is 0 Å². The Kier molecular flexibility index (Phi) is 5.57. The van der Waals surface area contributed by atoms with E-state index in [0.717, 1.165) is 50.4 Å². The molecule has 0 amide bonds. The predicted octanol–water partition coefficient (Wildman–Crippen LogP) is 6.27. The summed E-state index contributed by atoms with van der Waals surface area (Å²) >= 11 is 0. The van der Waals surface area contributed by atoms with Gasteiger partial charge in [-0.15, -0.1) is 0 Å². The first-order chi connectivity index (χ1) is 15.5. The van der Waals surface area contributed by atoms with Crippen LogP contribution in [0.5, 0.6) is 0 Å². The summed E-state index contributed by atoms with van der Waals surface area (Å²) in [5.74, 6) is 3.93. The Bertz CT molecular complexity index is 705. The summed E-state index contributed by atoms with van der Waals surface area (Å²) in [5, 5.41) is 0. The molecule has 4 aliphatic carbocycles. The van der Waals surface area contributed by atoms with E-state index in [2.05, 4.69) is 23.6 Å². The molecule has 2 aliphatic heterocycles. The second kappa shape index (κ2) is 8.08. The molecular weight excluding hydrogens is 392 g/mol. The van der Waals surface area contributed by atoms with Gasteiger partial charge in [0.2, 0.25) is 0 Å². The van der Waals surface area contributed by atoms with Crippen molar-refractivity contribution in [3.05, 3.63) is 0 Å². The highest BCUT2D eigenvalue weighted by Gasteiger charge is 2.69. The van der Waals surface area contributed by atoms with Gasteiger partial charge in [0.1, 0.15) is 5.66 Å². The number of ketones is 1. The van der Waals surface area contributed by atoms with Crippen LogP contribution in [-0.4, -0.2) is 47.4 Å². The molecule has 180 valence electrons. The number of piperidine rings is 2. The van der Waals surface area contributed by atoms with Crippen molar-refractivity contribution in [2.45, 2.75) is 116 Å². The van der Waals surface area contributed by atoms with E-state index < -0.39 is 0 Å². The van der Waals surface area contributed by atoms with E-state index in [4.69, 9.17) is 0 Å². The summed E-state index contributed by atoms with van der Waals surface area (Å²) in [7, 11) is 0. The zero-order valence-electron chi connectivity index (χ0n) is 21.0. The van der Waals surface area contributed by atoms with Crippen LogP contribution < -0.4 is 0 Å². The van der Waals surface area contributed by atoms with Crippen molar-refractivity contribution in [2.75, 3.05) is 26.2 Å². The fourth-order valence-electron chi connectivity index (χ4n) is 10.4. The second-order valence-electron chi connectivity index (χ2n) is 13.3. The van der Waals surface area contributed by atoms with Crippen LogP contribution in [0.15, 0.2) is 0 Å². The van der Waals surface area contributed by atoms with Gasteiger partial charge in [-0.05, 0) is 99.7 Å². The number of nitrogens with zero attached hydrogens (tertiary/aromatic N) is 2. The lowest BCUT2D eigenvalue weighted by molar-refractivity contribution is -0.154. The molecule has 0 aromatic carbocycles. The van der Waals surface area contributed by atoms with Crippen LogP contribution in [0.25, 0.3) is 0 Å². The largest absolute Gasteiger partial charge is 0.295 e. The lowest BCUT2D eigenvalue weighted by atomic mass is 9.45. The van der Waals surface area contributed by atoms with Crippen molar-refractivity contribution in [1.82, 2.24) is 9.80 Å². The van der Waals surface area contributed by atoms with Gasteiger partial charge in [0, 0.05) is 31.6 Å². The standard InChI is InChI=1S/C29H48N2O/c1-27-15-6-5-11-22(27)12-13-23-24(27)14-16-28(2)25(23)21-29(26(28)32,30-17-7-3-8-18-30)31-19-9-4-10-20-31/h22-25H,3-21H2,1-2H3/t22?,23-,24-,25+,27+,28+/m1/s1. The Labute approximate surface area is 197 Å². The average molecular weight is 441 g/mol. The molecule has 0 aromatic rings. The molecule has 2 heterocycles. The van der Waals surface area contributed by atoms with Gasteiger partial charge < -0.3 is 0 Å². The van der Waals surface area contributed by atoms with E-state index in [0.29, 0.717) is 17.1 Å². The average Bonchev–Trinajstić information content (AvgIpc) is 3.08. The number of likely N-dealkylation sites (tertiary alicyclic amines) is 2. The molecule has 2 saturated heterocycles. The second-order valence-corrected chi connectivity index (χ2v) is 13.3. The molecule has 3 heteroatoms. The van der Waals surface area contributed by atoms with Crippen LogP contribution in [0, 0.1) is 34.5 Å².